The molecule has 1 nitrogen and oxygen atoms in total. The van der Waals surface area contributed by atoms with Crippen LogP contribution in [-0.4, -0.2) is 4.98 Å². The Labute approximate surface area is 81.5 Å². The van der Waals surface area contributed by atoms with Gasteiger partial charge < -0.3 is 0 Å². The van der Waals surface area contributed by atoms with E-state index in [1.165, 1.54) is 0 Å². The van der Waals surface area contributed by atoms with Gasteiger partial charge in [0, 0.05) is 11.8 Å². The summed E-state index contributed by atoms with van der Waals surface area (Å²) in [6.45, 7) is 0. The lowest BCUT2D eigenvalue weighted by Gasteiger charge is -1.97. The van der Waals surface area contributed by atoms with Crippen LogP contribution in [0.3, 0.4) is 0 Å². The second-order valence-electron chi connectivity index (χ2n) is 2.58. The molecule has 0 aliphatic heterocycles. The molecule has 1 aromatic carbocycles. The van der Waals surface area contributed by atoms with E-state index in [-0.39, 0.29) is 9.90 Å². The normalized spacial score (nSPS) is 8.92. The van der Waals surface area contributed by atoms with Crippen LogP contribution in [0.5, 0.6) is 0 Å². The van der Waals surface area contributed by atoms with E-state index >= 15 is 0 Å². The largest absolute Gasteiger partial charge is 0.256 e. The summed E-state index contributed by atoms with van der Waals surface area (Å²) in [4.78, 5) is 4.25. The topological polar surface area (TPSA) is 12.9 Å². The van der Waals surface area contributed by atoms with Crippen LogP contribution in [-0.2, 0) is 0 Å². The van der Waals surface area contributed by atoms with E-state index in [1.54, 1.807) is 0 Å². The van der Waals surface area contributed by atoms with Gasteiger partial charge in [-0.2, -0.15) is 9.90 Å². The van der Waals surface area contributed by atoms with Gasteiger partial charge in [-0.3, -0.25) is 4.98 Å². The fourth-order valence-corrected chi connectivity index (χ4v) is 1.14. The number of nitrogens with zero attached hydrogens (tertiary/aromatic N) is 1. The first-order valence-corrected chi connectivity index (χ1v) is 3.93. The first-order chi connectivity index (χ1) is 5.97. The number of benzene rings is 1. The van der Waals surface area contributed by atoms with Gasteiger partial charge in [-0.15, -0.1) is 0 Å². The molecule has 1 atom stereocenters. The number of hydrogen-bond donors (Lipinski definition) is 0. The maximum Gasteiger partial charge on any atom is 0.0701 e. The highest BCUT2D eigenvalue weighted by Gasteiger charge is 1.93. The minimum Gasteiger partial charge on any atom is -0.256 e. The zero-order chi connectivity index (χ0) is 8.23. The van der Waals surface area contributed by atoms with Crippen molar-refractivity contribution in [3.63, 3.8) is 0 Å². The highest BCUT2D eigenvalue weighted by molar-refractivity contribution is 6.92. The second-order valence-corrected chi connectivity index (χ2v) is 2.58. The lowest BCUT2D eigenvalue weighted by molar-refractivity contribution is 1.33. The summed E-state index contributed by atoms with van der Waals surface area (Å²) in [5, 5.41) is 0. The molecule has 13 heavy (non-hydrogen) atoms. The molecule has 0 radical (unpaired) electrons. The fraction of sp³-hybridized carbons (Fsp3) is 0. The van der Waals surface area contributed by atoms with Crippen LogP contribution >= 0.6 is 9.90 Å². The Morgan fingerprint density at radius 1 is 0.769 bits per heavy atom. The SMILES string of the molecule is P.c1ccc(-c2ccccn2)cc1. The Morgan fingerprint density at radius 2 is 1.46 bits per heavy atom. The van der Waals surface area contributed by atoms with Crippen molar-refractivity contribution in [2.75, 3.05) is 0 Å². The lowest BCUT2D eigenvalue weighted by atomic mass is 10.1. The zero-order valence-electron chi connectivity index (χ0n) is 7.35. The van der Waals surface area contributed by atoms with E-state index in [2.05, 4.69) is 17.1 Å². The molecule has 0 fully saturated rings. The molecule has 2 heteroatoms. The molecular formula is C11H12NP. The Kier molecular flexibility index (Phi) is 3.60. The molecule has 1 unspecified atom stereocenters. The maximum atomic E-state index is 4.25. The minimum absolute atomic E-state index is 0. The van der Waals surface area contributed by atoms with Crippen LogP contribution < -0.4 is 0 Å². The van der Waals surface area contributed by atoms with Gasteiger partial charge in [0.05, 0.1) is 5.69 Å². The van der Waals surface area contributed by atoms with Crippen LogP contribution in [0.15, 0.2) is 54.7 Å². The van der Waals surface area contributed by atoms with E-state index in [4.69, 9.17) is 0 Å². The molecule has 0 aliphatic carbocycles. The second kappa shape index (κ2) is 4.74. The van der Waals surface area contributed by atoms with Gasteiger partial charge in [-0.25, -0.2) is 0 Å². The van der Waals surface area contributed by atoms with E-state index in [1.807, 2.05) is 42.6 Å². The predicted molar refractivity (Wildman–Crippen MR) is 60.8 cm³/mol. The third-order valence-corrected chi connectivity index (χ3v) is 1.73. The van der Waals surface area contributed by atoms with E-state index in [0.717, 1.165) is 11.3 Å². The molecule has 0 saturated heterocycles. The molecule has 2 rings (SSSR count). The van der Waals surface area contributed by atoms with Gasteiger partial charge in [0.1, 0.15) is 0 Å². The summed E-state index contributed by atoms with van der Waals surface area (Å²) in [5.74, 6) is 0. The quantitative estimate of drug-likeness (QED) is 0.628. The van der Waals surface area contributed by atoms with Crippen molar-refractivity contribution in [3.05, 3.63) is 54.7 Å². The van der Waals surface area contributed by atoms with Crippen molar-refractivity contribution >= 4 is 9.90 Å². The lowest BCUT2D eigenvalue weighted by Crippen LogP contribution is -1.79. The van der Waals surface area contributed by atoms with Crippen LogP contribution in [0.1, 0.15) is 0 Å². The average Bonchev–Trinajstić information content (AvgIpc) is 2.21. The third kappa shape index (κ3) is 2.37. The van der Waals surface area contributed by atoms with E-state index < -0.39 is 0 Å². The summed E-state index contributed by atoms with van der Waals surface area (Å²) >= 11 is 0. The molecule has 0 saturated carbocycles. The molecule has 0 aliphatic rings. The van der Waals surface area contributed by atoms with Crippen LogP contribution in [0, 0.1) is 0 Å². The number of pyridine rings is 1. The van der Waals surface area contributed by atoms with Crippen LogP contribution in [0.4, 0.5) is 0 Å². The van der Waals surface area contributed by atoms with Gasteiger partial charge in [0.25, 0.3) is 0 Å². The van der Waals surface area contributed by atoms with Crippen molar-refractivity contribution in [2.24, 2.45) is 0 Å². The molecule has 0 bridgehead atoms. The summed E-state index contributed by atoms with van der Waals surface area (Å²) < 4.78 is 0. The summed E-state index contributed by atoms with van der Waals surface area (Å²) in [6, 6.07) is 16.1. The highest BCUT2D eigenvalue weighted by Crippen LogP contribution is 2.14. The van der Waals surface area contributed by atoms with E-state index in [9.17, 15) is 0 Å². The fourth-order valence-electron chi connectivity index (χ4n) is 1.14. The van der Waals surface area contributed by atoms with Crippen molar-refractivity contribution in [3.8, 4) is 11.3 Å². The summed E-state index contributed by atoms with van der Waals surface area (Å²) in [6.07, 6.45) is 1.81. The standard InChI is InChI=1S/C11H9N.H3P/c1-2-6-10(7-3-1)11-8-4-5-9-12-11;/h1-9H;1H3. The monoisotopic (exact) mass is 189 g/mol. The molecule has 0 amide bonds. The molecule has 2 aromatic rings. The molecular weight excluding hydrogens is 177 g/mol. The molecule has 1 aromatic heterocycles. The third-order valence-electron chi connectivity index (χ3n) is 1.73. The molecule has 1 heterocycles. The Bertz CT molecular complexity index is 307. The molecule has 0 N–H and O–H groups in total. The Morgan fingerprint density at radius 3 is 2.08 bits per heavy atom. The van der Waals surface area contributed by atoms with E-state index in [0.29, 0.717) is 0 Å². The molecule has 66 valence electrons. The number of aromatic nitrogens is 1. The van der Waals surface area contributed by atoms with Crippen molar-refractivity contribution in [1.82, 2.24) is 4.98 Å². The van der Waals surface area contributed by atoms with Crippen molar-refractivity contribution in [2.45, 2.75) is 0 Å². The summed E-state index contributed by atoms with van der Waals surface area (Å²) in [7, 11) is 0. The van der Waals surface area contributed by atoms with Gasteiger partial charge in [-0.05, 0) is 12.1 Å². The van der Waals surface area contributed by atoms with Gasteiger partial charge in [-0.1, -0.05) is 36.4 Å². The number of hydrogen-bond acceptors (Lipinski definition) is 1. The van der Waals surface area contributed by atoms with Crippen LogP contribution in [0.2, 0.25) is 0 Å². The molecule has 0 spiro atoms. The summed E-state index contributed by atoms with van der Waals surface area (Å²) in [5.41, 5.74) is 2.19. The first-order valence-electron chi connectivity index (χ1n) is 3.93. The van der Waals surface area contributed by atoms with Crippen LogP contribution in [0.25, 0.3) is 11.3 Å². The van der Waals surface area contributed by atoms with Gasteiger partial charge in [0.15, 0.2) is 0 Å². The van der Waals surface area contributed by atoms with Crippen molar-refractivity contribution < 1.29 is 0 Å². The predicted octanol–water partition coefficient (Wildman–Crippen LogP) is 2.81. The van der Waals surface area contributed by atoms with Gasteiger partial charge in [0.2, 0.25) is 0 Å². The zero-order valence-corrected chi connectivity index (χ0v) is 8.76. The smallest absolute Gasteiger partial charge is 0.0701 e. The maximum absolute atomic E-state index is 4.25. The van der Waals surface area contributed by atoms with Gasteiger partial charge >= 0.3 is 0 Å². The minimum atomic E-state index is 0. The average molecular weight is 189 g/mol. The first kappa shape index (κ1) is 9.88. The van der Waals surface area contributed by atoms with Crippen molar-refractivity contribution in [1.29, 1.82) is 0 Å². The number of rotatable bonds is 1. The highest BCUT2D eigenvalue weighted by atomic mass is 31.0. The Hall–Kier alpha value is -1.20. The Balaban J connectivity index is 0.000000845.